The van der Waals surface area contributed by atoms with Crippen LogP contribution in [0.4, 0.5) is 0 Å². The van der Waals surface area contributed by atoms with E-state index in [9.17, 15) is 4.79 Å². The van der Waals surface area contributed by atoms with Crippen LogP contribution in [0.5, 0.6) is 0 Å². The zero-order chi connectivity index (χ0) is 12.1. The standard InChI is InChI=1S/C14H20O2/c1-10(2)9-16-14(15)13-7-5-6-12(8-13)11(3)4/h5-8,10-11H,9H2,1-4H3. The minimum atomic E-state index is -0.226. The minimum absolute atomic E-state index is 0.226. The summed E-state index contributed by atoms with van der Waals surface area (Å²) in [6.07, 6.45) is 0. The lowest BCUT2D eigenvalue weighted by molar-refractivity contribution is 0.0459. The molecule has 0 radical (unpaired) electrons. The normalized spacial score (nSPS) is 10.9. The molecule has 0 spiro atoms. The van der Waals surface area contributed by atoms with Crippen molar-refractivity contribution in [3.05, 3.63) is 35.4 Å². The number of carbonyl (C=O) groups is 1. The summed E-state index contributed by atoms with van der Waals surface area (Å²) in [7, 11) is 0. The van der Waals surface area contributed by atoms with Crippen LogP contribution in [-0.4, -0.2) is 12.6 Å². The maximum absolute atomic E-state index is 11.7. The molecule has 1 aromatic rings. The van der Waals surface area contributed by atoms with E-state index in [0.29, 0.717) is 24.0 Å². The van der Waals surface area contributed by atoms with Gasteiger partial charge in [0.1, 0.15) is 0 Å². The first-order chi connectivity index (χ1) is 7.50. The van der Waals surface area contributed by atoms with Gasteiger partial charge in [0.15, 0.2) is 0 Å². The maximum atomic E-state index is 11.7. The number of esters is 1. The van der Waals surface area contributed by atoms with Crippen LogP contribution in [0.1, 0.15) is 49.5 Å². The molecule has 0 aliphatic heterocycles. The molecule has 0 atom stereocenters. The van der Waals surface area contributed by atoms with E-state index < -0.39 is 0 Å². The van der Waals surface area contributed by atoms with E-state index in [2.05, 4.69) is 13.8 Å². The Labute approximate surface area is 97.6 Å². The van der Waals surface area contributed by atoms with Crippen molar-refractivity contribution in [2.45, 2.75) is 33.6 Å². The van der Waals surface area contributed by atoms with Crippen molar-refractivity contribution < 1.29 is 9.53 Å². The largest absolute Gasteiger partial charge is 0.462 e. The average Bonchev–Trinajstić information content (AvgIpc) is 2.26. The van der Waals surface area contributed by atoms with Crippen LogP contribution in [-0.2, 0) is 4.74 Å². The Morgan fingerprint density at radius 2 is 1.94 bits per heavy atom. The summed E-state index contributed by atoms with van der Waals surface area (Å²) in [6.45, 7) is 8.75. The van der Waals surface area contributed by atoms with Crippen molar-refractivity contribution in [1.29, 1.82) is 0 Å². The molecule has 0 bridgehead atoms. The number of hydrogen-bond donors (Lipinski definition) is 0. The highest BCUT2D eigenvalue weighted by molar-refractivity contribution is 5.89. The number of carbonyl (C=O) groups excluding carboxylic acids is 1. The van der Waals surface area contributed by atoms with Gasteiger partial charge >= 0.3 is 5.97 Å². The zero-order valence-electron chi connectivity index (χ0n) is 10.5. The fourth-order valence-electron chi connectivity index (χ4n) is 1.35. The number of benzene rings is 1. The van der Waals surface area contributed by atoms with Crippen LogP contribution in [0.2, 0.25) is 0 Å². The summed E-state index contributed by atoms with van der Waals surface area (Å²) in [6, 6.07) is 7.65. The van der Waals surface area contributed by atoms with Gasteiger partial charge in [-0.25, -0.2) is 4.79 Å². The van der Waals surface area contributed by atoms with Crippen LogP contribution in [0.25, 0.3) is 0 Å². The molecule has 0 unspecified atom stereocenters. The van der Waals surface area contributed by atoms with Crippen LogP contribution in [0.15, 0.2) is 24.3 Å². The van der Waals surface area contributed by atoms with E-state index >= 15 is 0 Å². The molecule has 88 valence electrons. The molecule has 0 saturated carbocycles. The smallest absolute Gasteiger partial charge is 0.338 e. The van der Waals surface area contributed by atoms with Crippen molar-refractivity contribution in [3.8, 4) is 0 Å². The molecular weight excluding hydrogens is 200 g/mol. The molecule has 1 rings (SSSR count). The van der Waals surface area contributed by atoms with E-state index in [-0.39, 0.29) is 5.97 Å². The predicted octanol–water partition coefficient (Wildman–Crippen LogP) is 3.62. The Balaban J connectivity index is 2.72. The average molecular weight is 220 g/mol. The first-order valence-corrected chi connectivity index (χ1v) is 5.77. The topological polar surface area (TPSA) is 26.3 Å². The van der Waals surface area contributed by atoms with Crippen LogP contribution in [0.3, 0.4) is 0 Å². The van der Waals surface area contributed by atoms with Gasteiger partial charge in [0.25, 0.3) is 0 Å². The van der Waals surface area contributed by atoms with Crippen molar-refractivity contribution >= 4 is 5.97 Å². The Morgan fingerprint density at radius 1 is 1.25 bits per heavy atom. The van der Waals surface area contributed by atoms with E-state index in [4.69, 9.17) is 4.74 Å². The Morgan fingerprint density at radius 3 is 2.50 bits per heavy atom. The molecule has 2 nitrogen and oxygen atoms in total. The molecule has 16 heavy (non-hydrogen) atoms. The lowest BCUT2D eigenvalue weighted by Crippen LogP contribution is -2.10. The van der Waals surface area contributed by atoms with Crippen molar-refractivity contribution in [2.24, 2.45) is 5.92 Å². The summed E-state index contributed by atoms with van der Waals surface area (Å²) in [5, 5.41) is 0. The summed E-state index contributed by atoms with van der Waals surface area (Å²) in [5.74, 6) is 0.575. The third-order valence-corrected chi connectivity index (χ3v) is 2.34. The van der Waals surface area contributed by atoms with E-state index in [1.54, 1.807) is 6.07 Å². The van der Waals surface area contributed by atoms with E-state index in [1.165, 1.54) is 5.56 Å². The van der Waals surface area contributed by atoms with Gasteiger partial charge in [0, 0.05) is 0 Å². The Hall–Kier alpha value is -1.31. The molecule has 2 heteroatoms. The summed E-state index contributed by atoms with van der Waals surface area (Å²) >= 11 is 0. The van der Waals surface area contributed by atoms with Gasteiger partial charge in [-0.3, -0.25) is 0 Å². The number of rotatable bonds is 4. The minimum Gasteiger partial charge on any atom is -0.462 e. The second-order valence-corrected chi connectivity index (χ2v) is 4.77. The SMILES string of the molecule is CC(C)COC(=O)c1cccc(C(C)C)c1. The molecule has 0 aromatic heterocycles. The lowest BCUT2D eigenvalue weighted by atomic mass is 10.0. The van der Waals surface area contributed by atoms with Crippen LogP contribution < -0.4 is 0 Å². The summed E-state index contributed by atoms with van der Waals surface area (Å²) in [4.78, 5) is 11.7. The van der Waals surface area contributed by atoms with Gasteiger partial charge in [-0.2, -0.15) is 0 Å². The highest BCUT2D eigenvalue weighted by atomic mass is 16.5. The maximum Gasteiger partial charge on any atom is 0.338 e. The second kappa shape index (κ2) is 5.69. The zero-order valence-corrected chi connectivity index (χ0v) is 10.5. The first-order valence-electron chi connectivity index (χ1n) is 5.77. The van der Waals surface area contributed by atoms with Crippen molar-refractivity contribution in [2.75, 3.05) is 6.61 Å². The van der Waals surface area contributed by atoms with Gasteiger partial charge < -0.3 is 4.74 Å². The second-order valence-electron chi connectivity index (χ2n) is 4.77. The quantitative estimate of drug-likeness (QED) is 0.724. The van der Waals surface area contributed by atoms with Gasteiger partial charge in [0.05, 0.1) is 12.2 Å². The highest BCUT2D eigenvalue weighted by Gasteiger charge is 2.09. The van der Waals surface area contributed by atoms with Gasteiger partial charge in [-0.1, -0.05) is 39.8 Å². The third-order valence-electron chi connectivity index (χ3n) is 2.34. The summed E-state index contributed by atoms with van der Waals surface area (Å²) in [5.41, 5.74) is 1.81. The first kappa shape index (κ1) is 12.8. The fourth-order valence-corrected chi connectivity index (χ4v) is 1.35. The molecule has 0 N–H and O–H groups in total. The highest BCUT2D eigenvalue weighted by Crippen LogP contribution is 2.16. The molecular formula is C14H20O2. The molecule has 0 heterocycles. The van der Waals surface area contributed by atoms with Crippen molar-refractivity contribution in [1.82, 2.24) is 0 Å². The molecule has 0 amide bonds. The predicted molar refractivity (Wildman–Crippen MR) is 65.7 cm³/mol. The lowest BCUT2D eigenvalue weighted by Gasteiger charge is -2.09. The van der Waals surface area contributed by atoms with Crippen LogP contribution in [0, 0.1) is 5.92 Å². The van der Waals surface area contributed by atoms with E-state index in [0.717, 1.165) is 0 Å². The van der Waals surface area contributed by atoms with E-state index in [1.807, 2.05) is 32.0 Å². The van der Waals surface area contributed by atoms with Gasteiger partial charge in [-0.15, -0.1) is 0 Å². The third kappa shape index (κ3) is 3.69. The molecule has 0 saturated heterocycles. The van der Waals surface area contributed by atoms with Crippen LogP contribution >= 0.6 is 0 Å². The number of hydrogen-bond acceptors (Lipinski definition) is 2. The van der Waals surface area contributed by atoms with Gasteiger partial charge in [-0.05, 0) is 29.5 Å². The fraction of sp³-hybridized carbons (Fsp3) is 0.500. The van der Waals surface area contributed by atoms with Gasteiger partial charge in [0.2, 0.25) is 0 Å². The Bertz CT molecular complexity index is 354. The number of ether oxygens (including phenoxy) is 1. The van der Waals surface area contributed by atoms with Crippen molar-refractivity contribution in [3.63, 3.8) is 0 Å². The molecule has 0 fully saturated rings. The molecule has 0 aliphatic rings. The Kier molecular flexibility index (Phi) is 4.53. The summed E-state index contributed by atoms with van der Waals surface area (Å²) < 4.78 is 5.19. The molecule has 1 aromatic carbocycles. The monoisotopic (exact) mass is 220 g/mol. The molecule has 0 aliphatic carbocycles.